The van der Waals surface area contributed by atoms with Crippen LogP contribution < -0.4 is 4.90 Å². The highest BCUT2D eigenvalue weighted by Crippen LogP contribution is 2.41. The SMILES string of the molecule is c1ccc(N(CC2CN3CCC2CC3)C2CCc3ccccc32)cc1. The summed E-state index contributed by atoms with van der Waals surface area (Å²) < 4.78 is 0. The molecule has 2 aromatic rings. The van der Waals surface area contributed by atoms with Gasteiger partial charge in [0.05, 0.1) is 6.04 Å². The Hall–Kier alpha value is -1.80. The minimum absolute atomic E-state index is 0.550. The maximum absolute atomic E-state index is 2.73. The third-order valence-corrected chi connectivity index (χ3v) is 6.79. The summed E-state index contributed by atoms with van der Waals surface area (Å²) in [7, 11) is 0. The number of nitrogens with zero attached hydrogens (tertiary/aromatic N) is 2. The average molecular weight is 332 g/mol. The van der Waals surface area contributed by atoms with Crippen molar-refractivity contribution in [1.29, 1.82) is 0 Å². The van der Waals surface area contributed by atoms with Gasteiger partial charge in [0.2, 0.25) is 0 Å². The number of hydrogen-bond acceptors (Lipinski definition) is 2. The van der Waals surface area contributed by atoms with E-state index in [0.29, 0.717) is 6.04 Å². The smallest absolute Gasteiger partial charge is 0.0548 e. The molecule has 6 rings (SSSR count). The van der Waals surface area contributed by atoms with Crippen molar-refractivity contribution in [2.24, 2.45) is 11.8 Å². The highest BCUT2D eigenvalue weighted by Gasteiger charge is 2.37. The highest BCUT2D eigenvalue weighted by atomic mass is 15.2. The van der Waals surface area contributed by atoms with Gasteiger partial charge in [0, 0.05) is 18.8 Å². The van der Waals surface area contributed by atoms with E-state index in [0.717, 1.165) is 11.8 Å². The Balaban J connectivity index is 1.46. The zero-order valence-electron chi connectivity index (χ0n) is 15.0. The molecule has 0 radical (unpaired) electrons. The van der Waals surface area contributed by atoms with E-state index in [1.54, 1.807) is 11.1 Å². The molecule has 0 saturated carbocycles. The van der Waals surface area contributed by atoms with Crippen LogP contribution in [0.3, 0.4) is 0 Å². The molecule has 2 unspecified atom stereocenters. The van der Waals surface area contributed by atoms with Crippen LogP contribution >= 0.6 is 0 Å². The zero-order valence-corrected chi connectivity index (χ0v) is 15.0. The van der Waals surface area contributed by atoms with E-state index >= 15 is 0 Å². The van der Waals surface area contributed by atoms with Gasteiger partial charge in [-0.3, -0.25) is 0 Å². The van der Waals surface area contributed by atoms with Crippen LogP contribution in [0, 0.1) is 11.8 Å². The molecule has 130 valence electrons. The van der Waals surface area contributed by atoms with Crippen LogP contribution in [0.25, 0.3) is 0 Å². The summed E-state index contributed by atoms with van der Waals surface area (Å²) in [5.74, 6) is 1.77. The van der Waals surface area contributed by atoms with E-state index in [4.69, 9.17) is 0 Å². The minimum Gasteiger partial charge on any atom is -0.364 e. The van der Waals surface area contributed by atoms with Crippen molar-refractivity contribution in [3.05, 3.63) is 65.7 Å². The molecule has 3 fully saturated rings. The van der Waals surface area contributed by atoms with Gasteiger partial charge < -0.3 is 9.80 Å². The van der Waals surface area contributed by atoms with Crippen LogP contribution in [0.2, 0.25) is 0 Å². The summed E-state index contributed by atoms with van der Waals surface area (Å²) in [6, 6.07) is 20.8. The molecule has 3 heterocycles. The van der Waals surface area contributed by atoms with Crippen LogP contribution in [-0.2, 0) is 6.42 Å². The van der Waals surface area contributed by atoms with E-state index in [-0.39, 0.29) is 0 Å². The maximum Gasteiger partial charge on any atom is 0.0548 e. The lowest BCUT2D eigenvalue weighted by Gasteiger charge is -2.47. The van der Waals surface area contributed by atoms with Gasteiger partial charge in [0.25, 0.3) is 0 Å². The lowest BCUT2D eigenvalue weighted by atomic mass is 9.78. The molecular formula is C23H28N2. The third-order valence-electron chi connectivity index (χ3n) is 6.79. The molecule has 2 heteroatoms. The fraction of sp³-hybridized carbons (Fsp3) is 0.478. The van der Waals surface area contributed by atoms with E-state index < -0.39 is 0 Å². The van der Waals surface area contributed by atoms with E-state index in [1.807, 2.05) is 0 Å². The summed E-state index contributed by atoms with van der Waals surface area (Å²) in [5, 5.41) is 0. The molecule has 3 aliphatic heterocycles. The molecule has 4 aliphatic rings. The van der Waals surface area contributed by atoms with Crippen molar-refractivity contribution in [2.45, 2.75) is 31.7 Å². The largest absolute Gasteiger partial charge is 0.364 e. The predicted octanol–water partition coefficient (Wildman–Crippen LogP) is 4.52. The minimum atomic E-state index is 0.550. The number of piperidine rings is 3. The van der Waals surface area contributed by atoms with Gasteiger partial charge in [-0.15, -0.1) is 0 Å². The number of anilines is 1. The van der Waals surface area contributed by atoms with Gasteiger partial charge >= 0.3 is 0 Å². The molecule has 2 atom stereocenters. The van der Waals surface area contributed by atoms with Crippen molar-refractivity contribution in [3.63, 3.8) is 0 Å². The van der Waals surface area contributed by atoms with Crippen LogP contribution in [0.5, 0.6) is 0 Å². The Morgan fingerprint density at radius 2 is 1.64 bits per heavy atom. The van der Waals surface area contributed by atoms with Crippen LogP contribution in [0.1, 0.15) is 36.4 Å². The average Bonchev–Trinajstić information content (AvgIpc) is 3.12. The van der Waals surface area contributed by atoms with Gasteiger partial charge in [-0.05, 0) is 73.9 Å². The van der Waals surface area contributed by atoms with Crippen molar-refractivity contribution in [1.82, 2.24) is 4.90 Å². The van der Waals surface area contributed by atoms with Crippen molar-refractivity contribution in [2.75, 3.05) is 31.1 Å². The van der Waals surface area contributed by atoms with Gasteiger partial charge in [0.1, 0.15) is 0 Å². The maximum atomic E-state index is 2.73. The molecule has 0 aromatic heterocycles. The number of hydrogen-bond donors (Lipinski definition) is 0. The molecule has 0 amide bonds. The number of aryl methyl sites for hydroxylation is 1. The molecule has 2 bridgehead atoms. The Morgan fingerprint density at radius 3 is 2.40 bits per heavy atom. The van der Waals surface area contributed by atoms with Crippen molar-refractivity contribution < 1.29 is 0 Å². The van der Waals surface area contributed by atoms with Gasteiger partial charge in [-0.25, -0.2) is 0 Å². The molecule has 1 aliphatic carbocycles. The van der Waals surface area contributed by atoms with E-state index in [9.17, 15) is 0 Å². The standard InChI is InChI=1S/C23H28N2/c1-2-7-21(8-3-1)25(17-20-16-24-14-12-18(20)13-15-24)23-11-10-19-6-4-5-9-22(19)23/h1-9,18,20,23H,10-17H2. The molecule has 0 N–H and O–H groups in total. The fourth-order valence-electron chi connectivity index (χ4n) is 5.44. The molecule has 2 nitrogen and oxygen atoms in total. The first kappa shape index (κ1) is 15.5. The summed E-state index contributed by atoms with van der Waals surface area (Å²) in [6.45, 7) is 5.18. The predicted molar refractivity (Wildman–Crippen MR) is 104 cm³/mol. The van der Waals surface area contributed by atoms with E-state index in [2.05, 4.69) is 64.4 Å². The second kappa shape index (κ2) is 6.49. The normalized spacial score (nSPS) is 30.2. The molecule has 0 spiro atoms. The van der Waals surface area contributed by atoms with Crippen LogP contribution in [0.4, 0.5) is 5.69 Å². The Labute approximate surface area is 151 Å². The fourth-order valence-corrected chi connectivity index (χ4v) is 5.44. The van der Waals surface area contributed by atoms with Gasteiger partial charge in [0.15, 0.2) is 0 Å². The number of benzene rings is 2. The van der Waals surface area contributed by atoms with Crippen LogP contribution in [0.15, 0.2) is 54.6 Å². The quantitative estimate of drug-likeness (QED) is 0.812. The highest BCUT2D eigenvalue weighted by molar-refractivity contribution is 5.51. The molecule has 25 heavy (non-hydrogen) atoms. The Morgan fingerprint density at radius 1 is 0.880 bits per heavy atom. The molecular weight excluding hydrogens is 304 g/mol. The Bertz CT molecular complexity index is 718. The van der Waals surface area contributed by atoms with E-state index in [1.165, 1.54) is 57.5 Å². The third kappa shape index (κ3) is 2.87. The zero-order chi connectivity index (χ0) is 16.6. The van der Waals surface area contributed by atoms with Crippen LogP contribution in [-0.4, -0.2) is 31.1 Å². The molecule has 3 saturated heterocycles. The monoisotopic (exact) mass is 332 g/mol. The summed E-state index contributed by atoms with van der Waals surface area (Å²) in [5.41, 5.74) is 4.52. The van der Waals surface area contributed by atoms with Gasteiger partial charge in [-0.1, -0.05) is 42.5 Å². The summed E-state index contributed by atoms with van der Waals surface area (Å²) >= 11 is 0. The number of rotatable bonds is 4. The van der Waals surface area contributed by atoms with Crippen molar-refractivity contribution >= 4 is 5.69 Å². The first-order valence-electron chi connectivity index (χ1n) is 10.0. The number of fused-ring (bicyclic) bond motifs is 4. The molecule has 2 aromatic carbocycles. The number of para-hydroxylation sites is 1. The topological polar surface area (TPSA) is 6.48 Å². The summed E-state index contributed by atoms with van der Waals surface area (Å²) in [6.07, 6.45) is 5.31. The second-order valence-corrected chi connectivity index (χ2v) is 8.14. The van der Waals surface area contributed by atoms with Gasteiger partial charge in [-0.2, -0.15) is 0 Å². The lowest BCUT2D eigenvalue weighted by molar-refractivity contribution is 0.0534. The first-order chi connectivity index (χ1) is 12.4. The lowest BCUT2D eigenvalue weighted by Crippen LogP contribution is -2.51. The second-order valence-electron chi connectivity index (χ2n) is 8.14. The van der Waals surface area contributed by atoms with Crippen molar-refractivity contribution in [3.8, 4) is 0 Å². The first-order valence-corrected chi connectivity index (χ1v) is 10.0. The summed E-state index contributed by atoms with van der Waals surface area (Å²) in [4.78, 5) is 5.43. The Kier molecular flexibility index (Phi) is 4.01.